The van der Waals surface area contributed by atoms with Crippen LogP contribution in [0, 0.1) is 0 Å². The van der Waals surface area contributed by atoms with Crippen molar-refractivity contribution in [3.63, 3.8) is 0 Å². The number of aromatic nitrogens is 3. The maximum absolute atomic E-state index is 8.61. The van der Waals surface area contributed by atoms with Crippen molar-refractivity contribution in [1.29, 1.82) is 0 Å². The fourth-order valence-corrected chi connectivity index (χ4v) is 1.36. The van der Waals surface area contributed by atoms with Gasteiger partial charge in [0, 0.05) is 13.2 Å². The van der Waals surface area contributed by atoms with Crippen molar-refractivity contribution < 1.29 is 5.11 Å². The summed E-state index contributed by atoms with van der Waals surface area (Å²) in [6, 6.07) is -0.0966. The third-order valence-electron chi connectivity index (χ3n) is 2.26. The molecule has 0 saturated heterocycles. The van der Waals surface area contributed by atoms with Crippen LogP contribution in [0.5, 0.6) is 0 Å². The number of hydrogen-bond donors (Lipinski definition) is 2. The highest BCUT2D eigenvalue weighted by Crippen LogP contribution is 2.04. The Morgan fingerprint density at radius 2 is 2.13 bits per heavy atom. The largest absolute Gasteiger partial charge is 0.396 e. The van der Waals surface area contributed by atoms with Crippen molar-refractivity contribution in [2.75, 3.05) is 6.61 Å². The van der Waals surface area contributed by atoms with E-state index in [0.29, 0.717) is 5.82 Å². The second-order valence-electron chi connectivity index (χ2n) is 3.79. The number of nitrogens with zero attached hydrogens (tertiary/aromatic N) is 3. The summed E-state index contributed by atoms with van der Waals surface area (Å²) >= 11 is 0. The van der Waals surface area contributed by atoms with Crippen molar-refractivity contribution in [2.24, 2.45) is 5.73 Å². The Balaban J connectivity index is 2.20. The van der Waals surface area contributed by atoms with Crippen molar-refractivity contribution in [3.05, 3.63) is 12.2 Å². The molecule has 0 aliphatic carbocycles. The summed E-state index contributed by atoms with van der Waals surface area (Å²) in [6.07, 6.45) is 5.88. The second kappa shape index (κ2) is 6.53. The molecule has 1 rings (SSSR count). The monoisotopic (exact) mass is 212 g/mol. The maximum Gasteiger partial charge on any atom is 0.166 e. The van der Waals surface area contributed by atoms with Crippen LogP contribution in [0.25, 0.3) is 0 Å². The van der Waals surface area contributed by atoms with Gasteiger partial charge in [0.15, 0.2) is 5.82 Å². The van der Waals surface area contributed by atoms with Gasteiger partial charge in [0.1, 0.15) is 6.33 Å². The topological polar surface area (TPSA) is 77.0 Å². The lowest BCUT2D eigenvalue weighted by Gasteiger charge is -2.00. The minimum atomic E-state index is -0.0966. The molecule has 0 aliphatic rings. The van der Waals surface area contributed by atoms with Gasteiger partial charge in [-0.3, -0.25) is 4.68 Å². The highest BCUT2D eigenvalue weighted by Gasteiger charge is 2.04. The van der Waals surface area contributed by atoms with Gasteiger partial charge in [-0.15, -0.1) is 0 Å². The SMILES string of the molecule is CC(N)c1ncn(CCCCCCO)n1. The van der Waals surface area contributed by atoms with E-state index in [2.05, 4.69) is 10.1 Å². The second-order valence-corrected chi connectivity index (χ2v) is 3.79. The Bertz CT molecular complexity index is 272. The Kier molecular flexibility index (Phi) is 5.28. The molecule has 1 aromatic rings. The van der Waals surface area contributed by atoms with Crippen LogP contribution in [-0.4, -0.2) is 26.5 Å². The standard InChI is InChI=1S/C10H20N4O/c1-9(11)10-12-8-14(13-10)6-4-2-3-5-7-15/h8-9,15H,2-7,11H2,1H3. The molecule has 1 heterocycles. The van der Waals surface area contributed by atoms with Crippen molar-refractivity contribution in [3.8, 4) is 0 Å². The van der Waals surface area contributed by atoms with E-state index >= 15 is 0 Å². The van der Waals surface area contributed by atoms with Gasteiger partial charge in [-0.25, -0.2) is 4.98 Å². The fourth-order valence-electron chi connectivity index (χ4n) is 1.36. The average Bonchev–Trinajstić information content (AvgIpc) is 2.66. The molecule has 0 amide bonds. The Hall–Kier alpha value is -0.940. The molecule has 0 aromatic carbocycles. The Labute approximate surface area is 90.3 Å². The maximum atomic E-state index is 8.61. The number of aryl methyl sites for hydroxylation is 1. The zero-order valence-corrected chi connectivity index (χ0v) is 9.26. The van der Waals surface area contributed by atoms with E-state index in [1.807, 2.05) is 11.6 Å². The lowest BCUT2D eigenvalue weighted by molar-refractivity contribution is 0.282. The lowest BCUT2D eigenvalue weighted by atomic mass is 10.2. The molecule has 15 heavy (non-hydrogen) atoms. The number of unbranched alkanes of at least 4 members (excludes halogenated alkanes) is 3. The summed E-state index contributed by atoms with van der Waals surface area (Å²) in [5.41, 5.74) is 5.66. The minimum Gasteiger partial charge on any atom is -0.396 e. The first-order valence-corrected chi connectivity index (χ1v) is 5.50. The molecule has 0 spiro atoms. The van der Waals surface area contributed by atoms with E-state index < -0.39 is 0 Å². The van der Waals surface area contributed by atoms with Crippen molar-refractivity contribution >= 4 is 0 Å². The highest BCUT2D eigenvalue weighted by atomic mass is 16.2. The van der Waals surface area contributed by atoms with Crippen molar-refractivity contribution in [1.82, 2.24) is 14.8 Å². The number of aliphatic hydroxyl groups is 1. The zero-order valence-electron chi connectivity index (χ0n) is 9.26. The van der Waals surface area contributed by atoms with Gasteiger partial charge in [0.25, 0.3) is 0 Å². The lowest BCUT2D eigenvalue weighted by Crippen LogP contribution is -2.08. The molecule has 5 heteroatoms. The van der Waals surface area contributed by atoms with E-state index in [1.165, 1.54) is 0 Å². The number of aliphatic hydroxyl groups excluding tert-OH is 1. The molecule has 3 N–H and O–H groups in total. The predicted molar refractivity (Wildman–Crippen MR) is 58.2 cm³/mol. The van der Waals surface area contributed by atoms with Crippen LogP contribution in [0.3, 0.4) is 0 Å². The van der Waals surface area contributed by atoms with E-state index in [9.17, 15) is 0 Å². The number of hydrogen-bond acceptors (Lipinski definition) is 4. The summed E-state index contributed by atoms with van der Waals surface area (Å²) in [6.45, 7) is 3.05. The van der Waals surface area contributed by atoms with E-state index in [0.717, 1.165) is 32.2 Å². The van der Waals surface area contributed by atoms with Crippen LogP contribution in [-0.2, 0) is 6.54 Å². The van der Waals surface area contributed by atoms with Gasteiger partial charge in [-0.2, -0.15) is 5.10 Å². The zero-order chi connectivity index (χ0) is 11.1. The Morgan fingerprint density at radius 1 is 1.40 bits per heavy atom. The van der Waals surface area contributed by atoms with Crippen LogP contribution in [0.4, 0.5) is 0 Å². The van der Waals surface area contributed by atoms with E-state index in [4.69, 9.17) is 10.8 Å². The van der Waals surface area contributed by atoms with Gasteiger partial charge in [-0.05, 0) is 19.8 Å². The molecular weight excluding hydrogens is 192 g/mol. The minimum absolute atomic E-state index is 0.0966. The summed E-state index contributed by atoms with van der Waals surface area (Å²) in [7, 11) is 0. The molecule has 1 unspecified atom stereocenters. The van der Waals surface area contributed by atoms with Gasteiger partial charge in [0.2, 0.25) is 0 Å². The quantitative estimate of drug-likeness (QED) is 0.657. The molecule has 5 nitrogen and oxygen atoms in total. The molecule has 0 fully saturated rings. The molecule has 1 atom stereocenters. The summed E-state index contributed by atoms with van der Waals surface area (Å²) in [5.74, 6) is 0.699. The number of rotatable bonds is 7. The van der Waals surface area contributed by atoms with E-state index in [1.54, 1.807) is 6.33 Å². The van der Waals surface area contributed by atoms with Gasteiger partial charge < -0.3 is 10.8 Å². The molecule has 1 aromatic heterocycles. The summed E-state index contributed by atoms with van der Waals surface area (Å²) < 4.78 is 1.83. The van der Waals surface area contributed by atoms with Crippen LogP contribution < -0.4 is 5.73 Å². The smallest absolute Gasteiger partial charge is 0.166 e. The number of nitrogens with two attached hydrogens (primary N) is 1. The first-order chi connectivity index (χ1) is 7.24. The third kappa shape index (κ3) is 4.40. The predicted octanol–water partition coefficient (Wildman–Crippen LogP) is 0.850. The van der Waals surface area contributed by atoms with Crippen LogP contribution in [0.2, 0.25) is 0 Å². The molecule has 0 radical (unpaired) electrons. The highest BCUT2D eigenvalue weighted by molar-refractivity contribution is 4.87. The summed E-state index contributed by atoms with van der Waals surface area (Å²) in [5, 5.41) is 12.9. The van der Waals surface area contributed by atoms with Crippen LogP contribution in [0.1, 0.15) is 44.5 Å². The van der Waals surface area contributed by atoms with Crippen LogP contribution in [0.15, 0.2) is 6.33 Å². The first kappa shape index (κ1) is 12.1. The molecule has 0 saturated carbocycles. The molecule has 0 aliphatic heterocycles. The van der Waals surface area contributed by atoms with E-state index in [-0.39, 0.29) is 12.6 Å². The fraction of sp³-hybridized carbons (Fsp3) is 0.800. The van der Waals surface area contributed by atoms with Crippen molar-refractivity contribution in [2.45, 2.75) is 45.2 Å². The Morgan fingerprint density at radius 3 is 2.73 bits per heavy atom. The molecule has 86 valence electrons. The first-order valence-electron chi connectivity index (χ1n) is 5.50. The molecule has 0 bridgehead atoms. The third-order valence-corrected chi connectivity index (χ3v) is 2.26. The normalized spacial score (nSPS) is 13.0. The average molecular weight is 212 g/mol. The summed E-state index contributed by atoms with van der Waals surface area (Å²) in [4.78, 5) is 4.12. The van der Waals surface area contributed by atoms with Gasteiger partial charge >= 0.3 is 0 Å². The van der Waals surface area contributed by atoms with Crippen LogP contribution >= 0.6 is 0 Å². The molecular formula is C10H20N4O. The van der Waals surface area contributed by atoms with Gasteiger partial charge in [0.05, 0.1) is 6.04 Å². The van der Waals surface area contributed by atoms with Gasteiger partial charge in [-0.1, -0.05) is 12.8 Å².